The smallest absolute Gasteiger partial charge is 0.225 e. The van der Waals surface area contributed by atoms with Crippen molar-refractivity contribution in [2.45, 2.75) is 19.4 Å². The molecule has 1 atom stereocenters. The van der Waals surface area contributed by atoms with Gasteiger partial charge in [-0.2, -0.15) is 5.10 Å². The van der Waals surface area contributed by atoms with Crippen LogP contribution in [0.2, 0.25) is 5.02 Å². The number of ether oxygens (including phenoxy) is 1. The van der Waals surface area contributed by atoms with Gasteiger partial charge in [0.25, 0.3) is 0 Å². The SMILES string of the molecule is COc1cccc(-c2cc3c(N4CCCC(C(=O)NCc5ccccc5Cl)C4)nccn3n2)c1. The predicted molar refractivity (Wildman–Crippen MR) is 133 cm³/mol. The van der Waals surface area contributed by atoms with Gasteiger partial charge in [0, 0.05) is 42.6 Å². The molecule has 1 saturated heterocycles. The Balaban J connectivity index is 1.34. The van der Waals surface area contributed by atoms with Crippen LogP contribution in [0.1, 0.15) is 18.4 Å². The topological polar surface area (TPSA) is 71.8 Å². The van der Waals surface area contributed by atoms with Crippen LogP contribution in [0.15, 0.2) is 67.0 Å². The monoisotopic (exact) mass is 475 g/mol. The number of amides is 1. The van der Waals surface area contributed by atoms with Gasteiger partial charge in [0.1, 0.15) is 11.3 Å². The first-order valence-corrected chi connectivity index (χ1v) is 11.7. The van der Waals surface area contributed by atoms with E-state index in [2.05, 4.69) is 15.2 Å². The van der Waals surface area contributed by atoms with Crippen molar-refractivity contribution in [3.8, 4) is 17.0 Å². The van der Waals surface area contributed by atoms with Gasteiger partial charge in [-0.05, 0) is 42.7 Å². The normalized spacial score (nSPS) is 15.9. The molecule has 1 aliphatic rings. The van der Waals surface area contributed by atoms with Gasteiger partial charge >= 0.3 is 0 Å². The second-order valence-electron chi connectivity index (χ2n) is 8.44. The van der Waals surface area contributed by atoms with Crippen LogP contribution >= 0.6 is 11.6 Å². The van der Waals surface area contributed by atoms with Gasteiger partial charge in [-0.3, -0.25) is 4.79 Å². The van der Waals surface area contributed by atoms with Crippen LogP contribution in [0.4, 0.5) is 5.82 Å². The molecule has 174 valence electrons. The molecular weight excluding hydrogens is 450 g/mol. The number of nitrogens with one attached hydrogen (secondary N) is 1. The van der Waals surface area contributed by atoms with E-state index in [0.29, 0.717) is 18.1 Å². The summed E-state index contributed by atoms with van der Waals surface area (Å²) in [6.07, 6.45) is 5.37. The summed E-state index contributed by atoms with van der Waals surface area (Å²) in [5.41, 5.74) is 3.65. The summed E-state index contributed by atoms with van der Waals surface area (Å²) in [6.45, 7) is 1.89. The summed E-state index contributed by atoms with van der Waals surface area (Å²) >= 11 is 6.23. The van der Waals surface area contributed by atoms with E-state index in [1.165, 1.54) is 0 Å². The highest BCUT2D eigenvalue weighted by Crippen LogP contribution is 2.29. The molecule has 0 saturated carbocycles. The van der Waals surface area contributed by atoms with E-state index in [1.54, 1.807) is 13.3 Å². The minimum Gasteiger partial charge on any atom is -0.497 e. The number of rotatable bonds is 6. The van der Waals surface area contributed by atoms with Crippen molar-refractivity contribution in [2.75, 3.05) is 25.1 Å². The van der Waals surface area contributed by atoms with Crippen LogP contribution in [-0.4, -0.2) is 40.7 Å². The van der Waals surface area contributed by atoms with E-state index in [0.717, 1.165) is 53.3 Å². The van der Waals surface area contributed by atoms with Gasteiger partial charge in [0.15, 0.2) is 5.82 Å². The molecule has 1 N–H and O–H groups in total. The lowest BCUT2D eigenvalue weighted by molar-refractivity contribution is -0.125. The Labute approximate surface area is 203 Å². The lowest BCUT2D eigenvalue weighted by Gasteiger charge is -2.33. The van der Waals surface area contributed by atoms with Crippen molar-refractivity contribution in [3.05, 3.63) is 77.6 Å². The van der Waals surface area contributed by atoms with E-state index >= 15 is 0 Å². The van der Waals surface area contributed by atoms with E-state index in [4.69, 9.17) is 21.4 Å². The molecule has 2 aromatic carbocycles. The standard InChI is InChI=1S/C26H26ClN5O2/c1-34-21-9-4-7-18(14-21)23-15-24-25(28-11-13-32(24)30-23)31-12-5-8-20(17-31)26(33)29-16-19-6-2-3-10-22(19)27/h2-4,6-7,9-11,13-15,20H,5,8,12,16-17H2,1H3,(H,29,33). The minimum atomic E-state index is -0.112. The average Bonchev–Trinajstić information content (AvgIpc) is 3.33. The minimum absolute atomic E-state index is 0.0437. The molecule has 34 heavy (non-hydrogen) atoms. The Bertz CT molecular complexity index is 1320. The Morgan fingerprint density at radius 3 is 2.94 bits per heavy atom. The molecule has 1 amide bonds. The van der Waals surface area contributed by atoms with Gasteiger partial charge in [-0.25, -0.2) is 9.50 Å². The fraction of sp³-hybridized carbons (Fsp3) is 0.269. The van der Waals surface area contributed by atoms with Gasteiger partial charge < -0.3 is 15.0 Å². The lowest BCUT2D eigenvalue weighted by Crippen LogP contribution is -2.43. The maximum absolute atomic E-state index is 12.9. The highest BCUT2D eigenvalue weighted by molar-refractivity contribution is 6.31. The zero-order valence-corrected chi connectivity index (χ0v) is 19.7. The number of piperidine rings is 1. The quantitative estimate of drug-likeness (QED) is 0.441. The van der Waals surface area contributed by atoms with Gasteiger partial charge in [-0.1, -0.05) is 41.9 Å². The fourth-order valence-electron chi connectivity index (χ4n) is 4.43. The van der Waals surface area contributed by atoms with Crippen molar-refractivity contribution in [2.24, 2.45) is 5.92 Å². The number of carbonyl (C=O) groups excluding carboxylic acids is 1. The molecule has 1 unspecified atom stereocenters. The van der Waals surface area contributed by atoms with Crippen molar-refractivity contribution in [3.63, 3.8) is 0 Å². The summed E-state index contributed by atoms with van der Waals surface area (Å²) in [7, 11) is 1.65. The molecule has 4 aromatic rings. The van der Waals surface area contributed by atoms with Crippen LogP contribution in [0.3, 0.4) is 0 Å². The number of carbonyl (C=O) groups is 1. The molecule has 0 aliphatic carbocycles. The largest absolute Gasteiger partial charge is 0.497 e. The van der Waals surface area contributed by atoms with E-state index in [-0.39, 0.29) is 11.8 Å². The second kappa shape index (κ2) is 9.73. The summed E-state index contributed by atoms with van der Waals surface area (Å²) in [6, 6.07) is 17.5. The number of hydrogen-bond donors (Lipinski definition) is 1. The first kappa shape index (κ1) is 22.2. The first-order valence-electron chi connectivity index (χ1n) is 11.4. The van der Waals surface area contributed by atoms with Crippen molar-refractivity contribution >= 4 is 28.8 Å². The molecule has 0 radical (unpaired) electrons. The van der Waals surface area contributed by atoms with Crippen LogP contribution in [0.5, 0.6) is 5.75 Å². The van der Waals surface area contributed by atoms with Gasteiger partial charge in [-0.15, -0.1) is 0 Å². The highest BCUT2D eigenvalue weighted by Gasteiger charge is 2.28. The van der Waals surface area contributed by atoms with E-state index < -0.39 is 0 Å². The number of aromatic nitrogens is 3. The molecule has 3 heterocycles. The first-order chi connectivity index (χ1) is 16.6. The zero-order valence-electron chi connectivity index (χ0n) is 18.9. The van der Waals surface area contributed by atoms with Gasteiger partial charge in [0.05, 0.1) is 18.7 Å². The number of anilines is 1. The maximum atomic E-state index is 12.9. The van der Waals surface area contributed by atoms with E-state index in [1.807, 2.05) is 65.3 Å². The fourth-order valence-corrected chi connectivity index (χ4v) is 4.63. The van der Waals surface area contributed by atoms with Crippen molar-refractivity contribution < 1.29 is 9.53 Å². The third-order valence-corrected chi connectivity index (χ3v) is 6.61. The summed E-state index contributed by atoms with van der Waals surface area (Å²) in [5, 5.41) is 8.46. The van der Waals surface area contributed by atoms with Crippen LogP contribution in [0.25, 0.3) is 16.8 Å². The molecule has 0 bridgehead atoms. The molecule has 8 heteroatoms. The number of nitrogens with zero attached hydrogens (tertiary/aromatic N) is 4. The summed E-state index contributed by atoms with van der Waals surface area (Å²) in [4.78, 5) is 19.8. The molecule has 2 aromatic heterocycles. The summed E-state index contributed by atoms with van der Waals surface area (Å²) < 4.78 is 7.20. The summed E-state index contributed by atoms with van der Waals surface area (Å²) in [5.74, 6) is 1.56. The van der Waals surface area contributed by atoms with Crippen LogP contribution in [0, 0.1) is 5.92 Å². The van der Waals surface area contributed by atoms with Crippen LogP contribution < -0.4 is 15.0 Å². The van der Waals surface area contributed by atoms with Crippen molar-refractivity contribution in [1.82, 2.24) is 19.9 Å². The molecule has 0 spiro atoms. The third kappa shape index (κ3) is 4.56. The number of benzene rings is 2. The number of hydrogen-bond acceptors (Lipinski definition) is 5. The Kier molecular flexibility index (Phi) is 6.36. The maximum Gasteiger partial charge on any atom is 0.225 e. The lowest BCUT2D eigenvalue weighted by atomic mass is 9.97. The number of methoxy groups -OCH3 is 1. The molecule has 1 fully saturated rings. The Morgan fingerprint density at radius 1 is 1.21 bits per heavy atom. The average molecular weight is 476 g/mol. The van der Waals surface area contributed by atoms with Gasteiger partial charge in [0.2, 0.25) is 5.91 Å². The zero-order chi connectivity index (χ0) is 23.5. The van der Waals surface area contributed by atoms with E-state index in [9.17, 15) is 4.79 Å². The van der Waals surface area contributed by atoms with Crippen LogP contribution in [-0.2, 0) is 11.3 Å². The molecule has 5 rings (SSSR count). The highest BCUT2D eigenvalue weighted by atomic mass is 35.5. The Hall–Kier alpha value is -3.58. The Morgan fingerprint density at radius 2 is 2.09 bits per heavy atom. The number of fused-ring (bicyclic) bond motifs is 1. The van der Waals surface area contributed by atoms with Crippen molar-refractivity contribution in [1.29, 1.82) is 0 Å². The third-order valence-electron chi connectivity index (χ3n) is 6.24. The predicted octanol–water partition coefficient (Wildman–Crippen LogP) is 4.59. The number of halogens is 1. The molecule has 7 nitrogen and oxygen atoms in total. The molecule has 1 aliphatic heterocycles. The second-order valence-corrected chi connectivity index (χ2v) is 8.84. The molecular formula is C26H26ClN5O2.